The molecular formula is C17H24N2O8S3. The van der Waals surface area contributed by atoms with Crippen molar-refractivity contribution < 1.29 is 34.8 Å². The molecule has 1 amide bonds. The molecule has 2 aliphatic rings. The minimum atomic E-state index is -4.24. The molecule has 2 heterocycles. The van der Waals surface area contributed by atoms with Crippen LogP contribution in [-0.4, -0.2) is 72.9 Å². The predicted octanol–water partition coefficient (Wildman–Crippen LogP) is 0.205. The van der Waals surface area contributed by atoms with Gasteiger partial charge >= 0.3 is 0 Å². The van der Waals surface area contributed by atoms with E-state index in [0.717, 1.165) is 10.4 Å². The molecule has 2 saturated heterocycles. The van der Waals surface area contributed by atoms with Gasteiger partial charge in [-0.25, -0.2) is 29.6 Å². The molecule has 0 radical (unpaired) electrons. The highest BCUT2D eigenvalue weighted by Crippen LogP contribution is 2.39. The van der Waals surface area contributed by atoms with Crippen LogP contribution in [0.4, 0.5) is 5.69 Å². The summed E-state index contributed by atoms with van der Waals surface area (Å²) in [5, 5.41) is 0. The molecule has 2 fully saturated rings. The van der Waals surface area contributed by atoms with E-state index in [0.29, 0.717) is 4.31 Å². The van der Waals surface area contributed by atoms with Crippen LogP contribution in [0.2, 0.25) is 0 Å². The lowest BCUT2D eigenvalue weighted by Gasteiger charge is -2.25. The number of amides is 1. The highest BCUT2D eigenvalue weighted by atomic mass is 32.2. The van der Waals surface area contributed by atoms with E-state index in [1.807, 2.05) is 0 Å². The van der Waals surface area contributed by atoms with E-state index < -0.39 is 53.0 Å². The Morgan fingerprint density at radius 1 is 1.20 bits per heavy atom. The number of sulfone groups is 1. The van der Waals surface area contributed by atoms with Crippen molar-refractivity contribution in [2.24, 2.45) is 5.41 Å². The van der Waals surface area contributed by atoms with Gasteiger partial charge in [0.2, 0.25) is 26.0 Å². The lowest BCUT2D eigenvalue weighted by Crippen LogP contribution is -2.38. The molecule has 168 valence electrons. The van der Waals surface area contributed by atoms with Crippen molar-refractivity contribution in [1.29, 1.82) is 0 Å². The van der Waals surface area contributed by atoms with Crippen molar-refractivity contribution in [2.75, 3.05) is 35.7 Å². The fraction of sp³-hybridized carbons (Fsp3) is 0.588. The van der Waals surface area contributed by atoms with Crippen molar-refractivity contribution in [3.8, 4) is 5.75 Å². The molecule has 1 aromatic carbocycles. The Morgan fingerprint density at radius 3 is 2.30 bits per heavy atom. The third-order valence-corrected chi connectivity index (χ3v) is 11.0. The summed E-state index contributed by atoms with van der Waals surface area (Å²) in [6, 6.07) is 2.90. The van der Waals surface area contributed by atoms with Gasteiger partial charge in [0.15, 0.2) is 9.84 Å². The maximum atomic E-state index is 13.2. The summed E-state index contributed by atoms with van der Waals surface area (Å²) in [6.07, 6.45) is 0.160. The molecule has 1 atom stereocenters. The summed E-state index contributed by atoms with van der Waals surface area (Å²) in [7, 11) is -9.01. The standard InChI is InChI=1S/C17H24N2O8S3/c1-17(2)11-29(23,24)19(16(17)20)12-5-6-14(27-4)15(9-12)30(25,26)18(3)13-7-8-28(21,22)10-13/h5-6,9,13H,7-8,10-11H2,1-4H3/t13-/m1/s1. The average molecular weight is 481 g/mol. The zero-order valence-electron chi connectivity index (χ0n) is 17.0. The highest BCUT2D eigenvalue weighted by molar-refractivity contribution is 7.94. The van der Waals surface area contributed by atoms with Crippen molar-refractivity contribution in [3.05, 3.63) is 18.2 Å². The number of hydrogen-bond acceptors (Lipinski definition) is 8. The number of anilines is 1. The Hall–Kier alpha value is -1.70. The number of carbonyl (C=O) groups is 1. The molecule has 2 aliphatic heterocycles. The quantitative estimate of drug-likeness (QED) is 0.583. The van der Waals surface area contributed by atoms with E-state index in [-0.39, 0.29) is 34.3 Å². The van der Waals surface area contributed by atoms with Gasteiger partial charge in [0.1, 0.15) is 10.6 Å². The fourth-order valence-electron chi connectivity index (χ4n) is 3.67. The van der Waals surface area contributed by atoms with Crippen LogP contribution in [0.1, 0.15) is 20.3 Å². The monoisotopic (exact) mass is 480 g/mol. The van der Waals surface area contributed by atoms with Crippen LogP contribution >= 0.6 is 0 Å². The molecule has 0 saturated carbocycles. The summed E-state index contributed by atoms with van der Waals surface area (Å²) < 4.78 is 81.9. The van der Waals surface area contributed by atoms with Crippen molar-refractivity contribution in [1.82, 2.24) is 4.31 Å². The third-order valence-electron chi connectivity index (χ3n) is 5.35. The van der Waals surface area contributed by atoms with E-state index >= 15 is 0 Å². The van der Waals surface area contributed by atoms with Gasteiger partial charge in [0, 0.05) is 13.1 Å². The Morgan fingerprint density at radius 2 is 1.83 bits per heavy atom. The number of nitrogens with zero attached hydrogens (tertiary/aromatic N) is 2. The predicted molar refractivity (Wildman–Crippen MR) is 110 cm³/mol. The fourth-order valence-corrected chi connectivity index (χ4v) is 9.19. The molecule has 3 rings (SSSR count). The molecule has 30 heavy (non-hydrogen) atoms. The van der Waals surface area contributed by atoms with Gasteiger partial charge in [-0.05, 0) is 38.5 Å². The van der Waals surface area contributed by atoms with E-state index in [1.165, 1.54) is 40.1 Å². The van der Waals surface area contributed by atoms with Gasteiger partial charge in [-0.3, -0.25) is 4.79 Å². The molecule has 0 aliphatic carbocycles. The SMILES string of the molecule is COc1ccc(N2C(=O)C(C)(C)CS2(=O)=O)cc1S(=O)(=O)N(C)[C@@H]1CCS(=O)(=O)C1. The number of carbonyl (C=O) groups excluding carboxylic acids is 1. The van der Waals surface area contributed by atoms with Crippen LogP contribution in [0.15, 0.2) is 23.1 Å². The number of hydrogen-bond donors (Lipinski definition) is 0. The lowest BCUT2D eigenvalue weighted by molar-refractivity contribution is -0.123. The van der Waals surface area contributed by atoms with Gasteiger partial charge in [0.25, 0.3) is 0 Å². The number of rotatable bonds is 5. The maximum absolute atomic E-state index is 13.2. The Labute approximate surface area is 176 Å². The average Bonchev–Trinajstić information content (AvgIpc) is 3.06. The van der Waals surface area contributed by atoms with E-state index in [4.69, 9.17) is 4.74 Å². The number of benzene rings is 1. The minimum absolute atomic E-state index is 0.0465. The summed E-state index contributed by atoms with van der Waals surface area (Å²) >= 11 is 0. The molecule has 0 spiro atoms. The molecule has 0 aromatic heterocycles. The first-order chi connectivity index (χ1) is 13.6. The molecule has 13 heteroatoms. The molecule has 0 bridgehead atoms. The first-order valence-electron chi connectivity index (χ1n) is 9.06. The van der Waals surface area contributed by atoms with Gasteiger partial charge in [-0.15, -0.1) is 0 Å². The van der Waals surface area contributed by atoms with E-state index in [9.17, 15) is 30.0 Å². The van der Waals surface area contributed by atoms with E-state index in [2.05, 4.69) is 0 Å². The molecule has 1 aromatic rings. The van der Waals surface area contributed by atoms with Crippen molar-refractivity contribution in [2.45, 2.75) is 31.2 Å². The van der Waals surface area contributed by atoms with Crippen LogP contribution in [-0.2, 0) is 34.7 Å². The summed E-state index contributed by atoms with van der Waals surface area (Å²) in [4.78, 5) is 12.3. The van der Waals surface area contributed by atoms with Gasteiger partial charge in [-0.1, -0.05) is 0 Å². The van der Waals surface area contributed by atoms with E-state index in [1.54, 1.807) is 0 Å². The largest absolute Gasteiger partial charge is 0.495 e. The Kier molecular flexibility index (Phi) is 5.49. The first kappa shape index (κ1) is 23.0. The van der Waals surface area contributed by atoms with Crippen LogP contribution in [0, 0.1) is 5.41 Å². The summed E-state index contributed by atoms with van der Waals surface area (Å²) in [5.74, 6) is -1.50. The topological polar surface area (TPSA) is 135 Å². The smallest absolute Gasteiger partial charge is 0.247 e. The second-order valence-corrected chi connectivity index (χ2v) is 14.1. The van der Waals surface area contributed by atoms with Crippen molar-refractivity contribution in [3.63, 3.8) is 0 Å². The number of methoxy groups -OCH3 is 1. The van der Waals surface area contributed by atoms with Gasteiger partial charge in [0.05, 0.1) is 35.5 Å². The molecule has 0 unspecified atom stereocenters. The van der Waals surface area contributed by atoms with Gasteiger partial charge in [-0.2, -0.15) is 4.31 Å². The number of ether oxygens (including phenoxy) is 1. The van der Waals surface area contributed by atoms with Crippen LogP contribution in [0.5, 0.6) is 5.75 Å². The zero-order chi connectivity index (χ0) is 22.7. The molecule has 0 N–H and O–H groups in total. The maximum Gasteiger partial charge on any atom is 0.247 e. The van der Waals surface area contributed by atoms with Gasteiger partial charge < -0.3 is 4.74 Å². The van der Waals surface area contributed by atoms with Crippen LogP contribution in [0.25, 0.3) is 0 Å². The Bertz CT molecular complexity index is 1200. The number of sulfonamides is 2. The zero-order valence-corrected chi connectivity index (χ0v) is 19.5. The second kappa shape index (κ2) is 7.18. The summed E-state index contributed by atoms with van der Waals surface area (Å²) in [5.41, 5.74) is -1.26. The van der Waals surface area contributed by atoms with Crippen LogP contribution in [0.3, 0.4) is 0 Å². The molecule has 10 nitrogen and oxygen atoms in total. The highest BCUT2D eigenvalue weighted by Gasteiger charge is 2.50. The Balaban J connectivity index is 2.09. The molecular weight excluding hydrogens is 456 g/mol. The normalized spacial score (nSPS) is 25.0. The third kappa shape index (κ3) is 3.83. The minimum Gasteiger partial charge on any atom is -0.495 e. The summed E-state index contributed by atoms with van der Waals surface area (Å²) in [6.45, 7) is 3.00. The first-order valence-corrected chi connectivity index (χ1v) is 13.9. The lowest BCUT2D eigenvalue weighted by atomic mass is 9.95. The second-order valence-electron chi connectivity index (χ2n) is 8.12. The van der Waals surface area contributed by atoms with Crippen molar-refractivity contribution >= 4 is 41.5 Å². The van der Waals surface area contributed by atoms with Crippen LogP contribution < -0.4 is 9.04 Å².